The van der Waals surface area contributed by atoms with Gasteiger partial charge in [-0.25, -0.2) is 13.1 Å². The van der Waals surface area contributed by atoms with Crippen LogP contribution in [0.15, 0.2) is 59.5 Å². The number of sulfonamides is 1. The number of nitrogens with zero attached hydrogens (tertiary/aromatic N) is 3. The number of rotatable bonds is 6. The number of ether oxygens (including phenoxy) is 1. The van der Waals surface area contributed by atoms with Crippen molar-refractivity contribution in [2.45, 2.75) is 25.7 Å². The molecule has 9 heteroatoms. The van der Waals surface area contributed by atoms with Gasteiger partial charge >= 0.3 is 0 Å². The smallest absolute Gasteiger partial charge is 0.248 e. The van der Waals surface area contributed by atoms with Crippen molar-refractivity contribution < 1.29 is 17.9 Å². The first-order chi connectivity index (χ1) is 16.3. The minimum atomic E-state index is -3.65. The zero-order chi connectivity index (χ0) is 24.3. The molecule has 8 nitrogen and oxygen atoms in total. The Kier molecular flexibility index (Phi) is 6.97. The van der Waals surface area contributed by atoms with Crippen molar-refractivity contribution in [3.8, 4) is 5.69 Å². The van der Waals surface area contributed by atoms with Crippen LogP contribution < -0.4 is 5.32 Å². The molecule has 0 radical (unpaired) electrons. The highest BCUT2D eigenvalue weighted by Crippen LogP contribution is 2.24. The first-order valence-electron chi connectivity index (χ1n) is 11.1. The molecule has 178 valence electrons. The number of carbonyl (C=O) groups is 1. The minimum absolute atomic E-state index is 0.148. The number of nitrogens with one attached hydrogen (secondary N) is 1. The molecule has 4 rings (SSSR count). The predicted molar refractivity (Wildman–Crippen MR) is 131 cm³/mol. The van der Waals surface area contributed by atoms with Crippen LogP contribution >= 0.6 is 0 Å². The van der Waals surface area contributed by atoms with Gasteiger partial charge in [0.25, 0.3) is 0 Å². The average molecular weight is 481 g/mol. The summed E-state index contributed by atoms with van der Waals surface area (Å²) in [5.41, 5.74) is 4.76. The van der Waals surface area contributed by atoms with Gasteiger partial charge < -0.3 is 10.1 Å². The monoisotopic (exact) mass is 480 g/mol. The van der Waals surface area contributed by atoms with Crippen LogP contribution in [-0.4, -0.2) is 54.7 Å². The van der Waals surface area contributed by atoms with Crippen LogP contribution in [0.4, 0.5) is 5.69 Å². The summed E-state index contributed by atoms with van der Waals surface area (Å²) in [6.07, 6.45) is 3.17. The van der Waals surface area contributed by atoms with E-state index in [1.54, 1.807) is 18.2 Å². The molecule has 1 fully saturated rings. The zero-order valence-corrected chi connectivity index (χ0v) is 20.3. The Morgan fingerprint density at radius 1 is 1.06 bits per heavy atom. The number of hydrogen-bond acceptors (Lipinski definition) is 5. The molecule has 0 unspecified atom stereocenters. The number of carbonyl (C=O) groups excluding carboxylic acids is 1. The second-order valence-corrected chi connectivity index (χ2v) is 10.1. The van der Waals surface area contributed by atoms with Crippen LogP contribution in [-0.2, 0) is 19.6 Å². The topological polar surface area (TPSA) is 93.5 Å². The molecule has 0 spiro atoms. The quantitative estimate of drug-likeness (QED) is 0.546. The molecule has 1 aliphatic rings. The number of para-hydroxylation sites is 1. The maximum absolute atomic E-state index is 13.0. The van der Waals surface area contributed by atoms with Gasteiger partial charge in [-0.2, -0.15) is 9.40 Å². The van der Waals surface area contributed by atoms with E-state index in [1.165, 1.54) is 16.4 Å². The van der Waals surface area contributed by atoms with Crippen molar-refractivity contribution >= 4 is 27.7 Å². The Bertz CT molecular complexity index is 1320. The lowest BCUT2D eigenvalue weighted by Crippen LogP contribution is -2.40. The number of aromatic nitrogens is 2. The zero-order valence-electron chi connectivity index (χ0n) is 19.5. The van der Waals surface area contributed by atoms with E-state index in [2.05, 4.69) is 10.4 Å². The van der Waals surface area contributed by atoms with Gasteiger partial charge in [-0.1, -0.05) is 24.3 Å². The fourth-order valence-electron chi connectivity index (χ4n) is 3.88. The molecule has 2 aromatic carbocycles. The first-order valence-corrected chi connectivity index (χ1v) is 12.5. The summed E-state index contributed by atoms with van der Waals surface area (Å²) in [4.78, 5) is 12.8. The number of morpholine rings is 1. The van der Waals surface area contributed by atoms with Crippen molar-refractivity contribution in [1.29, 1.82) is 0 Å². The molecule has 1 N–H and O–H groups in total. The maximum Gasteiger partial charge on any atom is 0.248 e. The molecule has 1 aromatic heterocycles. The van der Waals surface area contributed by atoms with Gasteiger partial charge in [0.2, 0.25) is 15.9 Å². The summed E-state index contributed by atoms with van der Waals surface area (Å²) < 4.78 is 34.5. The van der Waals surface area contributed by atoms with Crippen LogP contribution in [0.5, 0.6) is 0 Å². The summed E-state index contributed by atoms with van der Waals surface area (Å²) in [6, 6.07) is 14.6. The van der Waals surface area contributed by atoms with Gasteiger partial charge in [0.05, 0.1) is 29.5 Å². The minimum Gasteiger partial charge on any atom is -0.379 e. The van der Waals surface area contributed by atoms with Gasteiger partial charge in [0, 0.05) is 36.1 Å². The van der Waals surface area contributed by atoms with Crippen LogP contribution in [0.3, 0.4) is 0 Å². The second kappa shape index (κ2) is 9.92. The van der Waals surface area contributed by atoms with E-state index in [0.717, 1.165) is 28.2 Å². The standard InChI is InChI=1S/C25H28N4O4S/c1-18-9-10-22(34(31,32)28-13-15-33-16-14-28)17-24(18)26-25(30)12-11-23-19(2)27-29(20(23)3)21-7-5-4-6-8-21/h4-12,17H,13-16H2,1-3H3,(H,26,30)/b12-11+. The van der Waals surface area contributed by atoms with Gasteiger partial charge in [0.1, 0.15) is 0 Å². The Hall–Kier alpha value is -3.27. The van der Waals surface area contributed by atoms with Gasteiger partial charge in [-0.3, -0.25) is 4.79 Å². The largest absolute Gasteiger partial charge is 0.379 e. The fraction of sp³-hybridized carbons (Fsp3) is 0.280. The van der Waals surface area contributed by atoms with E-state index < -0.39 is 10.0 Å². The number of amides is 1. The molecule has 3 aromatic rings. The van der Waals surface area contributed by atoms with Crippen molar-refractivity contribution in [2.24, 2.45) is 0 Å². The molecule has 34 heavy (non-hydrogen) atoms. The maximum atomic E-state index is 13.0. The van der Waals surface area contributed by atoms with Gasteiger partial charge in [-0.05, 0) is 56.7 Å². The third-order valence-corrected chi connectivity index (χ3v) is 7.72. The highest BCUT2D eigenvalue weighted by molar-refractivity contribution is 7.89. The number of anilines is 1. The SMILES string of the molecule is Cc1ccc(S(=O)(=O)N2CCOCC2)cc1NC(=O)/C=C/c1c(C)nn(-c2ccccc2)c1C. The van der Waals surface area contributed by atoms with Gasteiger partial charge in [0.15, 0.2) is 0 Å². The normalized spacial score (nSPS) is 15.0. The Morgan fingerprint density at radius 3 is 2.47 bits per heavy atom. The van der Waals surface area contributed by atoms with Crippen LogP contribution in [0.2, 0.25) is 0 Å². The molecule has 0 saturated carbocycles. The third kappa shape index (κ3) is 4.96. The van der Waals surface area contributed by atoms with Crippen molar-refractivity contribution in [2.75, 3.05) is 31.6 Å². The average Bonchev–Trinajstić information content (AvgIpc) is 3.13. The summed E-state index contributed by atoms with van der Waals surface area (Å²) in [5.74, 6) is -0.352. The van der Waals surface area contributed by atoms with Crippen molar-refractivity contribution in [3.05, 3.63) is 77.1 Å². The highest BCUT2D eigenvalue weighted by Gasteiger charge is 2.26. The molecule has 1 aliphatic heterocycles. The number of hydrogen-bond donors (Lipinski definition) is 1. The molecular formula is C25H28N4O4S. The van der Waals surface area contributed by atoms with Crippen molar-refractivity contribution in [1.82, 2.24) is 14.1 Å². The van der Waals surface area contributed by atoms with Gasteiger partial charge in [-0.15, -0.1) is 0 Å². The molecule has 0 aliphatic carbocycles. The van der Waals surface area contributed by atoms with Crippen LogP contribution in [0.1, 0.15) is 22.5 Å². The summed E-state index contributed by atoms with van der Waals surface area (Å²) in [6.45, 7) is 7.05. The Balaban J connectivity index is 1.53. The summed E-state index contributed by atoms with van der Waals surface area (Å²) in [7, 11) is -3.65. The number of aryl methyl sites for hydroxylation is 2. The Morgan fingerprint density at radius 2 is 1.76 bits per heavy atom. The number of benzene rings is 2. The third-order valence-electron chi connectivity index (χ3n) is 5.82. The van der Waals surface area contributed by atoms with Crippen molar-refractivity contribution in [3.63, 3.8) is 0 Å². The molecule has 0 atom stereocenters. The van der Waals surface area contributed by atoms with E-state index in [4.69, 9.17) is 4.74 Å². The van der Waals surface area contributed by atoms with E-state index >= 15 is 0 Å². The van der Waals surface area contributed by atoms with E-state index in [9.17, 15) is 13.2 Å². The predicted octanol–water partition coefficient (Wildman–Crippen LogP) is 3.47. The molecule has 2 heterocycles. The lowest BCUT2D eigenvalue weighted by atomic mass is 10.1. The lowest BCUT2D eigenvalue weighted by molar-refractivity contribution is -0.111. The first kappa shape index (κ1) is 23.9. The van der Waals surface area contributed by atoms with Crippen LogP contribution in [0, 0.1) is 20.8 Å². The second-order valence-electron chi connectivity index (χ2n) is 8.15. The Labute approximate surface area is 199 Å². The van der Waals surface area contributed by atoms with E-state index in [-0.39, 0.29) is 10.8 Å². The lowest BCUT2D eigenvalue weighted by Gasteiger charge is -2.26. The van der Waals surface area contributed by atoms with E-state index in [1.807, 2.05) is 55.8 Å². The molecule has 0 bridgehead atoms. The highest BCUT2D eigenvalue weighted by atomic mass is 32.2. The fourth-order valence-corrected chi connectivity index (χ4v) is 5.32. The molecular weight excluding hydrogens is 452 g/mol. The van der Waals surface area contributed by atoms with E-state index in [0.29, 0.717) is 32.0 Å². The van der Waals surface area contributed by atoms with Crippen LogP contribution in [0.25, 0.3) is 11.8 Å². The molecule has 1 saturated heterocycles. The summed E-state index contributed by atoms with van der Waals surface area (Å²) in [5, 5.41) is 7.41. The summed E-state index contributed by atoms with van der Waals surface area (Å²) >= 11 is 0. The molecule has 1 amide bonds.